The van der Waals surface area contributed by atoms with Crippen LogP contribution in [0.25, 0.3) is 0 Å². The number of aliphatic hydroxyl groups is 1. The van der Waals surface area contributed by atoms with Gasteiger partial charge in [0.25, 0.3) is 0 Å². The van der Waals surface area contributed by atoms with Gasteiger partial charge in [0.2, 0.25) is 59.1 Å². The fraction of sp³-hybridized carbons (Fsp3) is 0.623. The third-order valence-corrected chi connectivity index (χ3v) is 13.1. The molecule has 27 heteroatoms. The zero-order valence-corrected chi connectivity index (χ0v) is 47.7. The Balaban J connectivity index is 2.29. The van der Waals surface area contributed by atoms with Crippen LogP contribution in [0.5, 0.6) is 5.75 Å². The van der Waals surface area contributed by atoms with Crippen LogP contribution >= 0.6 is 0 Å². The minimum absolute atomic E-state index is 0.0424. The molecule has 0 fully saturated rings. The number of phenols is 1. The summed E-state index contributed by atoms with van der Waals surface area (Å²) in [5.74, 6) is -12.6. The fourth-order valence-corrected chi connectivity index (χ4v) is 8.06. The van der Waals surface area contributed by atoms with Crippen molar-refractivity contribution in [2.24, 2.45) is 41.1 Å². The van der Waals surface area contributed by atoms with E-state index >= 15 is 0 Å². The number of nitrogens with two attached hydrogens (primary N) is 2. The van der Waals surface area contributed by atoms with Crippen LogP contribution in [0.4, 0.5) is 0 Å². The van der Waals surface area contributed by atoms with Gasteiger partial charge in [0.05, 0.1) is 24.9 Å². The predicted molar refractivity (Wildman–Crippen MR) is 292 cm³/mol. The number of aliphatic carboxylic acids is 1. The molecule has 0 saturated carbocycles. The molecular formula is C53H85N13O14. The van der Waals surface area contributed by atoms with Gasteiger partial charge in [0.1, 0.15) is 60.1 Å². The number of amides is 10. The summed E-state index contributed by atoms with van der Waals surface area (Å²) in [5.41, 5.74) is 12.6. The number of primary amides is 1. The summed E-state index contributed by atoms with van der Waals surface area (Å²) in [6, 6.07) is -7.57. The molecule has 0 saturated heterocycles. The van der Waals surface area contributed by atoms with Crippen molar-refractivity contribution in [3.05, 3.63) is 48.0 Å². The maximum Gasteiger partial charge on any atom is 0.326 e. The molecule has 17 N–H and O–H groups in total. The van der Waals surface area contributed by atoms with Crippen molar-refractivity contribution in [1.29, 1.82) is 0 Å². The second kappa shape index (κ2) is 32.4. The molecule has 80 heavy (non-hydrogen) atoms. The third-order valence-electron chi connectivity index (χ3n) is 13.1. The molecule has 27 nitrogen and oxygen atoms in total. The highest BCUT2D eigenvalue weighted by Crippen LogP contribution is 2.15. The first-order valence-corrected chi connectivity index (χ1v) is 26.7. The molecule has 12 atom stereocenters. The number of benzene rings is 1. The van der Waals surface area contributed by atoms with E-state index in [2.05, 4.69) is 57.8 Å². The number of rotatable bonds is 33. The number of carbonyl (C=O) groups excluding carboxylic acids is 10. The van der Waals surface area contributed by atoms with Crippen molar-refractivity contribution in [2.75, 3.05) is 0 Å². The van der Waals surface area contributed by atoms with Gasteiger partial charge < -0.3 is 79.6 Å². The summed E-state index contributed by atoms with van der Waals surface area (Å²) in [5, 5.41) is 52.5. The molecule has 0 aliphatic rings. The second-order valence-electron chi connectivity index (χ2n) is 21.6. The van der Waals surface area contributed by atoms with E-state index in [1.807, 2.05) is 20.8 Å². The van der Waals surface area contributed by atoms with Crippen LogP contribution in [0, 0.1) is 29.6 Å². The SMILES string of the molecule is CC[C@H](C)[C@H](NC(=O)[C@@H](N)Cc1ccc(O)cc1)C(=O)N[C@@H](CC(C)C)C(=O)N[C@@H](Cc1cnc[nH]1)C(=O)N[C@H](C(=O)N[C@@H](C)C(=O)N[C@H](C(=O)N[C@H](C(=O)N[C@@H](CC(N)=O)C(=O)N[C@H](C(=O)O)C(C)C)[C@@H](C)O)C(C)C)C(C)C. The highest BCUT2D eigenvalue weighted by Gasteiger charge is 2.38. The smallest absolute Gasteiger partial charge is 0.326 e. The van der Waals surface area contributed by atoms with Gasteiger partial charge >= 0.3 is 5.97 Å². The quantitative estimate of drug-likeness (QED) is 0.0368. The van der Waals surface area contributed by atoms with Crippen LogP contribution in [-0.2, 0) is 65.6 Å². The molecule has 0 spiro atoms. The van der Waals surface area contributed by atoms with E-state index < -0.39 is 162 Å². The van der Waals surface area contributed by atoms with Crippen LogP contribution in [-0.4, -0.2) is 157 Å². The van der Waals surface area contributed by atoms with Crippen molar-refractivity contribution in [3.63, 3.8) is 0 Å². The summed E-state index contributed by atoms with van der Waals surface area (Å²) < 4.78 is 0. The minimum atomic E-state index is -1.78. The lowest BCUT2D eigenvalue weighted by molar-refractivity contribution is -0.144. The Hall–Kier alpha value is -7.68. The second-order valence-corrected chi connectivity index (χ2v) is 21.6. The molecule has 0 radical (unpaired) electrons. The molecule has 446 valence electrons. The van der Waals surface area contributed by atoms with Crippen molar-refractivity contribution in [3.8, 4) is 5.75 Å². The molecule has 2 rings (SSSR count). The number of imidazole rings is 1. The van der Waals surface area contributed by atoms with Crippen LogP contribution in [0.1, 0.15) is 114 Å². The van der Waals surface area contributed by atoms with E-state index in [1.54, 1.807) is 46.8 Å². The van der Waals surface area contributed by atoms with E-state index in [9.17, 15) is 68.1 Å². The largest absolute Gasteiger partial charge is 0.508 e. The van der Waals surface area contributed by atoms with E-state index in [0.29, 0.717) is 17.7 Å². The number of carbonyl (C=O) groups is 11. The average Bonchev–Trinajstić information content (AvgIpc) is 3.88. The lowest BCUT2D eigenvalue weighted by atomic mass is 9.96. The summed E-state index contributed by atoms with van der Waals surface area (Å²) in [6.45, 7) is 19.0. The topological polar surface area (TPSA) is 437 Å². The predicted octanol–water partition coefficient (Wildman–Crippen LogP) is -1.99. The number of aliphatic hydroxyl groups excluding tert-OH is 1. The minimum Gasteiger partial charge on any atom is -0.508 e. The number of aromatic nitrogens is 2. The van der Waals surface area contributed by atoms with Crippen LogP contribution in [0.15, 0.2) is 36.8 Å². The molecule has 10 amide bonds. The molecule has 1 heterocycles. The summed E-state index contributed by atoms with van der Waals surface area (Å²) in [4.78, 5) is 154. The first-order chi connectivity index (χ1) is 37.3. The maximum atomic E-state index is 14.3. The van der Waals surface area contributed by atoms with Crippen molar-refractivity contribution < 1.29 is 68.1 Å². The van der Waals surface area contributed by atoms with Gasteiger partial charge in [-0.05, 0) is 74.0 Å². The molecule has 0 bridgehead atoms. The van der Waals surface area contributed by atoms with Crippen molar-refractivity contribution in [1.82, 2.24) is 57.8 Å². The van der Waals surface area contributed by atoms with Crippen molar-refractivity contribution >= 4 is 65.0 Å². The standard InChI is InChI=1S/C53H85N13O14/c1-13-28(10)42(65-45(71)34(54)19-31-14-16-33(68)17-15-31)51(77)60-35(18-24(2)3)46(72)59-36(20-32-22-56-23-57-32)47(73)63-39(25(4)5)49(75)58-29(11)44(70)62-40(26(6)7)50(76)66-43(30(12)67)52(78)61-37(21-38(55)69)48(74)64-41(27(8)9)53(79)80/h14-17,22-30,34-37,39-43,67-68H,13,18-21,54H2,1-12H3,(H2,55,69)(H,56,57)(H,58,75)(H,59,72)(H,60,77)(H,61,78)(H,62,70)(H,63,73)(H,64,74)(H,65,71)(H,66,76)(H,79,80)/t28-,29-,30+,34-,35-,36-,37-,39-,40-,41-,42-,43-/m0/s1. The lowest BCUT2D eigenvalue weighted by Gasteiger charge is -2.30. The summed E-state index contributed by atoms with van der Waals surface area (Å²) >= 11 is 0. The number of aromatic hydroxyl groups is 1. The summed E-state index contributed by atoms with van der Waals surface area (Å²) in [6.07, 6.45) is 0.929. The summed E-state index contributed by atoms with van der Waals surface area (Å²) in [7, 11) is 0. The molecule has 0 aliphatic carbocycles. The molecule has 1 aromatic carbocycles. The van der Waals surface area contributed by atoms with E-state index in [-0.39, 0.29) is 30.9 Å². The van der Waals surface area contributed by atoms with Gasteiger partial charge in [-0.15, -0.1) is 0 Å². The lowest BCUT2D eigenvalue weighted by Crippen LogP contribution is -2.62. The molecular weight excluding hydrogens is 1040 g/mol. The number of H-pyrrole nitrogens is 1. The number of carboxylic acid groups (broad SMARTS) is 1. The number of aromatic amines is 1. The average molecular weight is 1130 g/mol. The van der Waals surface area contributed by atoms with Gasteiger partial charge in [0, 0.05) is 18.3 Å². The Labute approximate surface area is 466 Å². The van der Waals surface area contributed by atoms with E-state index in [0.717, 1.165) is 6.92 Å². The van der Waals surface area contributed by atoms with E-state index in [4.69, 9.17) is 11.5 Å². The monoisotopic (exact) mass is 1130 g/mol. The molecule has 0 unspecified atom stereocenters. The number of phenolic OH excluding ortho intramolecular Hbond substituents is 1. The van der Waals surface area contributed by atoms with Gasteiger partial charge in [-0.2, -0.15) is 0 Å². The van der Waals surface area contributed by atoms with Crippen molar-refractivity contribution in [2.45, 2.75) is 182 Å². The van der Waals surface area contributed by atoms with Crippen LogP contribution in [0.3, 0.4) is 0 Å². The molecule has 1 aromatic heterocycles. The Morgan fingerprint density at radius 3 is 1.49 bits per heavy atom. The van der Waals surface area contributed by atoms with E-state index in [1.165, 1.54) is 45.4 Å². The van der Waals surface area contributed by atoms with Crippen LogP contribution < -0.4 is 59.3 Å². The van der Waals surface area contributed by atoms with Gasteiger partial charge in [-0.1, -0.05) is 87.8 Å². The molecule has 0 aliphatic heterocycles. The fourth-order valence-electron chi connectivity index (χ4n) is 8.06. The number of hydrogen-bond acceptors (Lipinski definition) is 15. The van der Waals surface area contributed by atoms with Gasteiger partial charge in [-0.25, -0.2) is 9.78 Å². The number of carboxylic acids is 1. The maximum absolute atomic E-state index is 14.3. The van der Waals surface area contributed by atoms with Gasteiger partial charge in [0.15, 0.2) is 0 Å². The molecule has 2 aromatic rings. The first kappa shape index (κ1) is 68.4. The number of hydrogen-bond donors (Lipinski definition) is 15. The van der Waals surface area contributed by atoms with Crippen LogP contribution in [0.2, 0.25) is 0 Å². The zero-order chi connectivity index (χ0) is 60.9. The highest BCUT2D eigenvalue weighted by atomic mass is 16.4. The Morgan fingerprint density at radius 1 is 0.550 bits per heavy atom. The zero-order valence-electron chi connectivity index (χ0n) is 47.7. The Bertz CT molecular complexity index is 2430. The third kappa shape index (κ3) is 22.2. The Morgan fingerprint density at radius 2 is 1.00 bits per heavy atom. The first-order valence-electron chi connectivity index (χ1n) is 26.7. The van der Waals surface area contributed by atoms with Gasteiger partial charge in [-0.3, -0.25) is 47.9 Å². The number of nitrogens with one attached hydrogen (secondary N) is 10. The normalized spacial score (nSPS) is 15.9. The highest BCUT2D eigenvalue weighted by molar-refractivity contribution is 5.99. The number of nitrogens with zero attached hydrogens (tertiary/aromatic N) is 1. The Kier molecular flexibility index (Phi) is 27.7.